The second-order valence-electron chi connectivity index (χ2n) is 7.66. The average Bonchev–Trinajstić information content (AvgIpc) is 3.11. The quantitative estimate of drug-likeness (QED) is 0.449. The van der Waals surface area contributed by atoms with Crippen molar-refractivity contribution in [3.05, 3.63) is 93.4 Å². The summed E-state index contributed by atoms with van der Waals surface area (Å²) in [5.41, 5.74) is 4.47. The van der Waals surface area contributed by atoms with Gasteiger partial charge < -0.3 is 10.0 Å². The van der Waals surface area contributed by atoms with Crippen LogP contribution in [0.2, 0.25) is 5.02 Å². The summed E-state index contributed by atoms with van der Waals surface area (Å²) in [7, 11) is 1.60. The number of aromatic amines is 1. The number of phenols is 1. The zero-order valence-corrected chi connectivity index (χ0v) is 17.9. The van der Waals surface area contributed by atoms with Gasteiger partial charge in [0.15, 0.2) is 0 Å². The van der Waals surface area contributed by atoms with Crippen LogP contribution in [0.5, 0.6) is 5.75 Å². The van der Waals surface area contributed by atoms with E-state index >= 15 is 0 Å². The van der Waals surface area contributed by atoms with Crippen LogP contribution in [0, 0.1) is 12.7 Å². The Bertz CT molecular complexity index is 1290. The molecule has 1 amide bonds. The van der Waals surface area contributed by atoms with Gasteiger partial charge in [-0.05, 0) is 36.2 Å². The highest BCUT2D eigenvalue weighted by atomic mass is 35.5. The number of amides is 1. The molecule has 0 saturated heterocycles. The van der Waals surface area contributed by atoms with E-state index in [9.17, 15) is 14.3 Å². The van der Waals surface area contributed by atoms with E-state index in [4.69, 9.17) is 11.6 Å². The minimum atomic E-state index is -0.538. The van der Waals surface area contributed by atoms with E-state index < -0.39 is 5.82 Å². The first-order valence-electron chi connectivity index (χ1n) is 9.76. The number of phenolic OH excluding ortho intramolecular Hbond substituents is 1. The third-order valence-corrected chi connectivity index (χ3v) is 5.50. The summed E-state index contributed by atoms with van der Waals surface area (Å²) in [6.07, 6.45) is 0.597. The molecule has 0 unspecified atom stereocenters. The van der Waals surface area contributed by atoms with E-state index in [-0.39, 0.29) is 28.8 Å². The fourth-order valence-electron chi connectivity index (χ4n) is 3.62. The van der Waals surface area contributed by atoms with Gasteiger partial charge in [0, 0.05) is 31.5 Å². The molecular formula is C24H21ClFN3O2. The number of hydrogen-bond acceptors (Lipinski definition) is 3. The van der Waals surface area contributed by atoms with Crippen LogP contribution >= 0.6 is 11.6 Å². The number of aromatic nitrogens is 2. The predicted octanol–water partition coefficient (Wildman–Crippen LogP) is 5.23. The molecule has 7 heteroatoms. The molecule has 4 aromatic rings. The fraction of sp³-hybridized carbons (Fsp3) is 0.167. The maximum absolute atomic E-state index is 13.7. The lowest BCUT2D eigenvalue weighted by atomic mass is 10.0. The van der Waals surface area contributed by atoms with Gasteiger partial charge in [-0.15, -0.1) is 0 Å². The highest BCUT2D eigenvalue weighted by Crippen LogP contribution is 2.28. The Balaban J connectivity index is 1.62. The lowest BCUT2D eigenvalue weighted by molar-refractivity contribution is 0.0782. The first-order valence-corrected chi connectivity index (χ1v) is 10.1. The first-order chi connectivity index (χ1) is 14.8. The van der Waals surface area contributed by atoms with E-state index in [1.807, 2.05) is 25.1 Å². The van der Waals surface area contributed by atoms with Gasteiger partial charge in [0.1, 0.15) is 11.6 Å². The Hall–Kier alpha value is -3.38. The van der Waals surface area contributed by atoms with Gasteiger partial charge in [-0.2, -0.15) is 5.10 Å². The van der Waals surface area contributed by atoms with E-state index in [1.54, 1.807) is 19.2 Å². The molecule has 0 spiro atoms. The number of fused-ring (bicyclic) bond motifs is 1. The van der Waals surface area contributed by atoms with Gasteiger partial charge in [0.05, 0.1) is 21.8 Å². The van der Waals surface area contributed by atoms with Crippen molar-refractivity contribution in [1.29, 1.82) is 0 Å². The normalized spacial score (nSPS) is 11.1. The second kappa shape index (κ2) is 8.40. The zero-order valence-electron chi connectivity index (χ0n) is 17.1. The van der Waals surface area contributed by atoms with Gasteiger partial charge in [-0.1, -0.05) is 47.5 Å². The summed E-state index contributed by atoms with van der Waals surface area (Å²) < 4.78 is 13.7. The average molecular weight is 438 g/mol. The molecule has 0 atom stereocenters. The molecule has 31 heavy (non-hydrogen) atoms. The van der Waals surface area contributed by atoms with Crippen LogP contribution in [-0.4, -0.2) is 33.2 Å². The van der Waals surface area contributed by atoms with Crippen molar-refractivity contribution < 1.29 is 14.3 Å². The number of halogens is 2. The van der Waals surface area contributed by atoms with Gasteiger partial charge in [0.25, 0.3) is 5.91 Å². The molecule has 1 aromatic heterocycles. The molecule has 2 N–H and O–H groups in total. The SMILES string of the molecule is Cc1cccc(Cc2n[nH]c3cc(O)c(C(=O)N(C)Cc4ccc(Cl)c(F)c4)cc23)c1. The van der Waals surface area contributed by atoms with Crippen LogP contribution in [-0.2, 0) is 13.0 Å². The monoisotopic (exact) mass is 437 g/mol. The van der Waals surface area contributed by atoms with Crippen molar-refractivity contribution in [3.8, 4) is 5.75 Å². The van der Waals surface area contributed by atoms with Crippen LogP contribution in [0.15, 0.2) is 54.6 Å². The Morgan fingerprint density at radius 1 is 1.16 bits per heavy atom. The van der Waals surface area contributed by atoms with Gasteiger partial charge in [-0.3, -0.25) is 9.89 Å². The molecule has 1 heterocycles. The van der Waals surface area contributed by atoms with Crippen molar-refractivity contribution >= 4 is 28.4 Å². The zero-order chi connectivity index (χ0) is 22.1. The largest absolute Gasteiger partial charge is 0.507 e. The van der Waals surface area contributed by atoms with Crippen LogP contribution < -0.4 is 0 Å². The summed E-state index contributed by atoms with van der Waals surface area (Å²) in [5.74, 6) is -1.06. The summed E-state index contributed by atoms with van der Waals surface area (Å²) in [5, 5.41) is 18.5. The number of nitrogens with one attached hydrogen (secondary N) is 1. The summed E-state index contributed by atoms with van der Waals surface area (Å²) >= 11 is 5.73. The van der Waals surface area contributed by atoms with Crippen LogP contribution in [0.3, 0.4) is 0 Å². The van der Waals surface area contributed by atoms with Crippen LogP contribution in [0.4, 0.5) is 4.39 Å². The van der Waals surface area contributed by atoms with Crippen LogP contribution in [0.1, 0.15) is 32.7 Å². The number of carbonyl (C=O) groups excluding carboxylic acids is 1. The first kappa shape index (κ1) is 20.9. The lowest BCUT2D eigenvalue weighted by Gasteiger charge is -2.18. The summed E-state index contributed by atoms with van der Waals surface area (Å²) in [4.78, 5) is 14.4. The lowest BCUT2D eigenvalue weighted by Crippen LogP contribution is -2.26. The van der Waals surface area contributed by atoms with E-state index in [0.717, 1.165) is 22.2 Å². The number of hydrogen-bond donors (Lipinski definition) is 2. The van der Waals surface area contributed by atoms with Crippen molar-refractivity contribution in [2.24, 2.45) is 0 Å². The molecule has 4 rings (SSSR count). The highest BCUT2D eigenvalue weighted by Gasteiger charge is 2.19. The Morgan fingerprint density at radius 2 is 1.97 bits per heavy atom. The van der Waals surface area contributed by atoms with Gasteiger partial charge in [0.2, 0.25) is 0 Å². The standard InChI is InChI=1S/C24H21ClFN3O2/c1-14-4-3-5-15(8-14)10-21-17-11-18(23(30)12-22(17)28-27-21)24(31)29(2)13-16-6-7-19(25)20(26)9-16/h3-9,11-12,30H,10,13H2,1-2H3,(H,27,28). The molecule has 0 aliphatic heterocycles. The van der Waals surface area contributed by atoms with Crippen molar-refractivity contribution in [2.75, 3.05) is 7.05 Å². The van der Waals surface area contributed by atoms with E-state index in [0.29, 0.717) is 17.5 Å². The molecule has 0 saturated carbocycles. The third kappa shape index (κ3) is 4.39. The van der Waals surface area contributed by atoms with E-state index in [1.165, 1.54) is 23.1 Å². The third-order valence-electron chi connectivity index (χ3n) is 5.19. The molecule has 0 radical (unpaired) electrons. The molecule has 158 valence electrons. The second-order valence-corrected chi connectivity index (χ2v) is 8.07. The maximum Gasteiger partial charge on any atom is 0.257 e. The van der Waals surface area contributed by atoms with Crippen molar-refractivity contribution in [1.82, 2.24) is 15.1 Å². The number of rotatable bonds is 5. The molecule has 3 aromatic carbocycles. The van der Waals surface area contributed by atoms with E-state index in [2.05, 4.69) is 16.3 Å². The van der Waals surface area contributed by atoms with Crippen molar-refractivity contribution in [2.45, 2.75) is 19.9 Å². The number of carbonyl (C=O) groups is 1. The molecule has 0 aliphatic rings. The Kier molecular flexibility index (Phi) is 5.65. The molecular weight excluding hydrogens is 417 g/mol. The minimum Gasteiger partial charge on any atom is -0.507 e. The van der Waals surface area contributed by atoms with Crippen molar-refractivity contribution in [3.63, 3.8) is 0 Å². The minimum absolute atomic E-state index is 0.0296. The summed E-state index contributed by atoms with van der Waals surface area (Å²) in [6, 6.07) is 15.7. The number of aromatic hydroxyl groups is 1. The molecule has 5 nitrogen and oxygen atoms in total. The smallest absolute Gasteiger partial charge is 0.257 e. The molecule has 0 bridgehead atoms. The molecule has 0 fully saturated rings. The topological polar surface area (TPSA) is 69.2 Å². The number of aryl methyl sites for hydroxylation is 1. The Morgan fingerprint density at radius 3 is 2.71 bits per heavy atom. The number of H-pyrrole nitrogens is 1. The van der Waals surface area contributed by atoms with Crippen LogP contribution in [0.25, 0.3) is 10.9 Å². The molecule has 0 aliphatic carbocycles. The number of benzene rings is 3. The van der Waals surface area contributed by atoms with Gasteiger partial charge >= 0.3 is 0 Å². The predicted molar refractivity (Wildman–Crippen MR) is 119 cm³/mol. The maximum atomic E-state index is 13.7. The fourth-order valence-corrected chi connectivity index (χ4v) is 3.74. The summed E-state index contributed by atoms with van der Waals surface area (Å²) in [6.45, 7) is 2.20. The number of nitrogens with zero attached hydrogens (tertiary/aromatic N) is 2. The Labute approximate surface area is 184 Å². The van der Waals surface area contributed by atoms with Gasteiger partial charge in [-0.25, -0.2) is 4.39 Å². The highest BCUT2D eigenvalue weighted by molar-refractivity contribution is 6.30.